The monoisotopic (exact) mass is 194 g/mol. The fourth-order valence-corrected chi connectivity index (χ4v) is 1.31. The Bertz CT molecular complexity index is 322. The molecule has 0 aliphatic carbocycles. The largest absolute Gasteiger partial charge is 0.395 e. The lowest BCUT2D eigenvalue weighted by Crippen LogP contribution is -2.21. The van der Waals surface area contributed by atoms with Crippen LogP contribution >= 0.6 is 0 Å². The van der Waals surface area contributed by atoms with Gasteiger partial charge in [-0.2, -0.15) is 0 Å². The first-order chi connectivity index (χ1) is 6.59. The second-order valence-electron chi connectivity index (χ2n) is 3.82. The Hall–Kier alpha value is -1.15. The van der Waals surface area contributed by atoms with Gasteiger partial charge in [0.15, 0.2) is 0 Å². The van der Waals surface area contributed by atoms with E-state index in [0.717, 1.165) is 5.56 Å². The van der Waals surface area contributed by atoms with Crippen LogP contribution in [-0.4, -0.2) is 11.7 Å². The van der Waals surface area contributed by atoms with Crippen molar-refractivity contribution in [2.24, 2.45) is 5.41 Å². The summed E-state index contributed by atoms with van der Waals surface area (Å²) >= 11 is 0. The average Bonchev–Trinajstić information content (AvgIpc) is 2.18. The summed E-state index contributed by atoms with van der Waals surface area (Å²) in [7, 11) is 0. The first kappa shape index (κ1) is 10.9. The predicted octanol–water partition coefficient (Wildman–Crippen LogP) is 2.55. The van der Waals surface area contributed by atoms with Crippen LogP contribution in [0.4, 0.5) is 4.39 Å². The molecule has 1 unspecified atom stereocenters. The topological polar surface area (TPSA) is 20.2 Å². The minimum absolute atomic E-state index is 0.0208. The zero-order chi connectivity index (χ0) is 10.6. The zero-order valence-corrected chi connectivity index (χ0v) is 8.33. The third-order valence-corrected chi connectivity index (χ3v) is 2.35. The van der Waals surface area contributed by atoms with Gasteiger partial charge in [0.25, 0.3) is 0 Å². The van der Waals surface area contributed by atoms with Gasteiger partial charge in [-0.15, -0.1) is 6.58 Å². The maximum atomic E-state index is 12.9. The van der Waals surface area contributed by atoms with Gasteiger partial charge < -0.3 is 5.11 Å². The van der Waals surface area contributed by atoms with Crippen LogP contribution in [0.2, 0.25) is 0 Å². The van der Waals surface area contributed by atoms with E-state index in [1.54, 1.807) is 12.1 Å². The van der Waals surface area contributed by atoms with E-state index in [1.165, 1.54) is 12.1 Å². The molecule has 1 aromatic rings. The van der Waals surface area contributed by atoms with Gasteiger partial charge in [-0.1, -0.05) is 25.1 Å². The summed E-state index contributed by atoms with van der Waals surface area (Å²) in [6, 6.07) is 6.41. The van der Waals surface area contributed by atoms with Crippen molar-refractivity contribution in [1.82, 2.24) is 0 Å². The van der Waals surface area contributed by atoms with E-state index in [2.05, 4.69) is 6.58 Å². The minimum atomic E-state index is -0.367. The van der Waals surface area contributed by atoms with Gasteiger partial charge in [-0.05, 0) is 24.1 Å². The predicted molar refractivity (Wildman–Crippen MR) is 55.5 cm³/mol. The maximum Gasteiger partial charge on any atom is 0.123 e. The van der Waals surface area contributed by atoms with Gasteiger partial charge in [0, 0.05) is 5.41 Å². The molecule has 0 saturated heterocycles. The van der Waals surface area contributed by atoms with Crippen LogP contribution in [0.3, 0.4) is 0 Å². The fourth-order valence-electron chi connectivity index (χ4n) is 1.31. The molecule has 0 amide bonds. The molecule has 76 valence electrons. The maximum absolute atomic E-state index is 12.9. The molecule has 0 aliphatic rings. The van der Waals surface area contributed by atoms with Crippen molar-refractivity contribution in [3.8, 4) is 0 Å². The van der Waals surface area contributed by atoms with Crippen molar-refractivity contribution in [3.05, 3.63) is 48.3 Å². The van der Waals surface area contributed by atoms with Crippen LogP contribution in [-0.2, 0) is 6.42 Å². The van der Waals surface area contributed by atoms with Crippen molar-refractivity contribution in [1.29, 1.82) is 0 Å². The molecule has 0 saturated carbocycles. The molecule has 0 heterocycles. The summed E-state index contributed by atoms with van der Waals surface area (Å²) in [6.45, 7) is 5.58. The first-order valence-electron chi connectivity index (χ1n) is 4.58. The molecule has 14 heavy (non-hydrogen) atoms. The van der Waals surface area contributed by atoms with E-state index in [9.17, 15) is 4.39 Å². The summed E-state index contributed by atoms with van der Waals surface area (Å²) < 4.78 is 12.9. The van der Waals surface area contributed by atoms with Gasteiger partial charge in [0.05, 0.1) is 6.61 Å². The first-order valence-corrected chi connectivity index (χ1v) is 4.58. The number of hydrogen-bond donors (Lipinski definition) is 1. The zero-order valence-electron chi connectivity index (χ0n) is 8.33. The number of hydrogen-bond acceptors (Lipinski definition) is 1. The average molecular weight is 194 g/mol. The lowest BCUT2D eigenvalue weighted by molar-refractivity contribution is 0.184. The summed E-state index contributed by atoms with van der Waals surface area (Å²) in [5.74, 6) is -0.244. The summed E-state index contributed by atoms with van der Waals surface area (Å²) in [5.41, 5.74) is 0.509. The van der Waals surface area contributed by atoms with Gasteiger partial charge in [-0.3, -0.25) is 0 Å². The normalized spacial score (nSPS) is 14.8. The second-order valence-corrected chi connectivity index (χ2v) is 3.82. The molecular weight excluding hydrogens is 179 g/mol. The van der Waals surface area contributed by atoms with Crippen molar-refractivity contribution in [2.75, 3.05) is 6.61 Å². The summed E-state index contributed by atoms with van der Waals surface area (Å²) in [5, 5.41) is 9.15. The third kappa shape index (κ3) is 2.67. The van der Waals surface area contributed by atoms with E-state index >= 15 is 0 Å². The van der Waals surface area contributed by atoms with Crippen molar-refractivity contribution >= 4 is 0 Å². The molecule has 1 rings (SSSR count). The van der Waals surface area contributed by atoms with Crippen LogP contribution in [0, 0.1) is 11.2 Å². The van der Waals surface area contributed by atoms with Crippen LogP contribution in [0.25, 0.3) is 0 Å². The molecule has 2 heteroatoms. The number of aliphatic hydroxyl groups excluding tert-OH is 1. The Morgan fingerprint density at radius 2 is 2.29 bits per heavy atom. The number of benzene rings is 1. The quantitative estimate of drug-likeness (QED) is 0.730. The van der Waals surface area contributed by atoms with Crippen molar-refractivity contribution < 1.29 is 9.50 Å². The Kier molecular flexibility index (Phi) is 3.42. The van der Waals surface area contributed by atoms with E-state index in [-0.39, 0.29) is 17.8 Å². The molecule has 1 nitrogen and oxygen atoms in total. The Morgan fingerprint density at radius 1 is 1.57 bits per heavy atom. The third-order valence-electron chi connectivity index (χ3n) is 2.35. The molecule has 0 spiro atoms. The van der Waals surface area contributed by atoms with E-state index in [4.69, 9.17) is 5.11 Å². The lowest BCUT2D eigenvalue weighted by Gasteiger charge is -2.22. The summed E-state index contributed by atoms with van der Waals surface area (Å²) in [4.78, 5) is 0. The highest BCUT2D eigenvalue weighted by Crippen LogP contribution is 2.23. The highest BCUT2D eigenvalue weighted by molar-refractivity contribution is 5.19. The van der Waals surface area contributed by atoms with Gasteiger partial charge in [0.1, 0.15) is 5.82 Å². The lowest BCUT2D eigenvalue weighted by atomic mass is 9.85. The Morgan fingerprint density at radius 3 is 2.79 bits per heavy atom. The molecule has 0 bridgehead atoms. The number of aliphatic hydroxyl groups is 1. The SMILES string of the molecule is C=CC(C)(CO)Cc1cccc(F)c1. The van der Waals surface area contributed by atoms with Crippen molar-refractivity contribution in [3.63, 3.8) is 0 Å². The standard InChI is InChI=1S/C12H15FO/c1-3-12(2,9-14)8-10-5-4-6-11(13)7-10/h3-7,14H,1,8-9H2,2H3. The smallest absolute Gasteiger partial charge is 0.123 e. The highest BCUT2D eigenvalue weighted by Gasteiger charge is 2.19. The van der Waals surface area contributed by atoms with Gasteiger partial charge in [0.2, 0.25) is 0 Å². The Balaban J connectivity index is 2.82. The van der Waals surface area contributed by atoms with Crippen LogP contribution < -0.4 is 0 Å². The number of rotatable bonds is 4. The number of halogens is 1. The van der Waals surface area contributed by atoms with E-state index < -0.39 is 0 Å². The minimum Gasteiger partial charge on any atom is -0.395 e. The van der Waals surface area contributed by atoms with Crippen molar-refractivity contribution in [2.45, 2.75) is 13.3 Å². The molecule has 0 fully saturated rings. The van der Waals surface area contributed by atoms with Crippen LogP contribution in [0.15, 0.2) is 36.9 Å². The highest BCUT2D eigenvalue weighted by atomic mass is 19.1. The molecule has 0 aliphatic heterocycles. The second kappa shape index (κ2) is 4.38. The van der Waals surface area contributed by atoms with Crippen LogP contribution in [0.5, 0.6) is 0 Å². The molecule has 1 aromatic carbocycles. The fraction of sp³-hybridized carbons (Fsp3) is 0.333. The molecule has 1 atom stereocenters. The molecular formula is C12H15FO. The van der Waals surface area contributed by atoms with E-state index in [1.807, 2.05) is 13.0 Å². The van der Waals surface area contributed by atoms with Gasteiger partial charge in [-0.25, -0.2) is 4.39 Å². The Labute approximate surface area is 83.9 Å². The van der Waals surface area contributed by atoms with Crippen LogP contribution in [0.1, 0.15) is 12.5 Å². The van der Waals surface area contributed by atoms with Gasteiger partial charge >= 0.3 is 0 Å². The summed E-state index contributed by atoms with van der Waals surface area (Å²) in [6.07, 6.45) is 2.31. The molecule has 0 radical (unpaired) electrons. The molecule has 0 aromatic heterocycles. The molecule has 1 N–H and O–H groups in total. The van der Waals surface area contributed by atoms with E-state index in [0.29, 0.717) is 6.42 Å².